The highest BCUT2D eigenvalue weighted by Crippen LogP contribution is 2.04. The number of hydrogen-bond acceptors (Lipinski definition) is 2. The van der Waals surface area contributed by atoms with Crippen LogP contribution in [0.25, 0.3) is 0 Å². The van der Waals surface area contributed by atoms with E-state index in [9.17, 15) is 4.79 Å². The van der Waals surface area contributed by atoms with Crippen LogP contribution in [0.1, 0.15) is 0 Å². The minimum Gasteiger partial charge on any atom is -0.482 e. The molecule has 1 heterocycles. The van der Waals surface area contributed by atoms with Crippen molar-refractivity contribution in [2.45, 2.75) is 0 Å². The lowest BCUT2D eigenvalue weighted by Gasteiger charge is -2.00. The van der Waals surface area contributed by atoms with Crippen molar-refractivity contribution in [1.82, 2.24) is 4.90 Å². The molecule has 0 saturated carbocycles. The summed E-state index contributed by atoms with van der Waals surface area (Å²) in [5.41, 5.74) is 0. The van der Waals surface area contributed by atoms with Crippen molar-refractivity contribution >= 4 is 11.9 Å². The Morgan fingerprint density at radius 1 is 1.78 bits per heavy atom. The standard InChI is InChI=1S/C5H6N2O2/c1-7-3-4(9-2)6-5(7)8/h1-2H3. The summed E-state index contributed by atoms with van der Waals surface area (Å²) >= 11 is 0. The van der Waals surface area contributed by atoms with Gasteiger partial charge in [-0.25, -0.2) is 4.79 Å². The Morgan fingerprint density at radius 3 is 2.67 bits per heavy atom. The number of nitrogens with zero attached hydrogens (tertiary/aromatic N) is 2. The lowest BCUT2D eigenvalue weighted by molar-refractivity contribution is 0.232. The predicted molar refractivity (Wildman–Crippen MR) is 30.8 cm³/mol. The lowest BCUT2D eigenvalue weighted by Crippen LogP contribution is -2.15. The predicted octanol–water partition coefficient (Wildman–Crippen LogP) is 0.135. The first-order valence-electron chi connectivity index (χ1n) is 2.41. The van der Waals surface area contributed by atoms with Crippen molar-refractivity contribution in [3.63, 3.8) is 0 Å². The van der Waals surface area contributed by atoms with Crippen LogP contribution in [0.4, 0.5) is 4.79 Å². The molecule has 0 aromatic heterocycles. The van der Waals surface area contributed by atoms with Gasteiger partial charge < -0.3 is 9.64 Å². The fourth-order valence-corrected chi connectivity index (χ4v) is 0.469. The number of rotatable bonds is 0. The topological polar surface area (TPSA) is 41.9 Å². The van der Waals surface area contributed by atoms with Gasteiger partial charge in [0.1, 0.15) is 0 Å². The van der Waals surface area contributed by atoms with Crippen molar-refractivity contribution in [3.8, 4) is 0 Å². The third-order valence-corrected chi connectivity index (χ3v) is 0.941. The third kappa shape index (κ3) is 1.01. The first-order chi connectivity index (χ1) is 4.24. The Labute approximate surface area is 53.1 Å². The summed E-state index contributed by atoms with van der Waals surface area (Å²) in [6.45, 7) is 2.56. The number of hydrogen-bond donors (Lipinski definition) is 0. The molecule has 1 aliphatic heterocycles. The first kappa shape index (κ1) is 6.07. The third-order valence-electron chi connectivity index (χ3n) is 0.941. The van der Waals surface area contributed by atoms with Gasteiger partial charge in [-0.05, 0) is 0 Å². The highest BCUT2D eigenvalue weighted by atomic mass is 16.5. The van der Waals surface area contributed by atoms with Crippen LogP contribution < -0.4 is 0 Å². The minimum absolute atomic E-state index is 0.238. The van der Waals surface area contributed by atoms with E-state index in [-0.39, 0.29) is 11.9 Å². The van der Waals surface area contributed by atoms with E-state index in [1.165, 1.54) is 12.0 Å². The van der Waals surface area contributed by atoms with Gasteiger partial charge in [0.25, 0.3) is 0 Å². The molecule has 0 unspecified atom stereocenters. The average molecular weight is 126 g/mol. The van der Waals surface area contributed by atoms with Crippen LogP contribution in [0, 0.1) is 6.54 Å². The van der Waals surface area contributed by atoms with Crippen LogP contribution in [-0.4, -0.2) is 31.0 Å². The van der Waals surface area contributed by atoms with E-state index in [0.29, 0.717) is 0 Å². The molecule has 0 atom stereocenters. The van der Waals surface area contributed by atoms with E-state index in [4.69, 9.17) is 0 Å². The summed E-state index contributed by atoms with van der Waals surface area (Å²) in [4.78, 5) is 15.2. The molecule has 4 heteroatoms. The quantitative estimate of drug-likeness (QED) is 0.463. The zero-order chi connectivity index (χ0) is 6.85. The summed E-state index contributed by atoms with van der Waals surface area (Å²) < 4.78 is 4.63. The number of methoxy groups -OCH3 is 1. The first-order valence-corrected chi connectivity index (χ1v) is 2.41. The SMILES string of the molecule is COC1=NC(=O)N(C)[C]1. The molecular weight excluding hydrogens is 120 g/mol. The van der Waals surface area contributed by atoms with Crippen LogP contribution in [0.5, 0.6) is 0 Å². The molecule has 0 N–H and O–H groups in total. The zero-order valence-electron chi connectivity index (χ0n) is 5.21. The zero-order valence-corrected chi connectivity index (χ0v) is 5.21. The number of likely N-dealkylation sites (N-methyl/N-ethyl adjacent to an activating group) is 1. The fourth-order valence-electron chi connectivity index (χ4n) is 0.469. The summed E-state index contributed by atoms with van der Waals surface area (Å²) in [5, 5.41) is 0. The number of aliphatic imine (C=N–C) groups is 1. The summed E-state index contributed by atoms with van der Waals surface area (Å²) in [5.74, 6) is 0.238. The molecule has 4 nitrogen and oxygen atoms in total. The van der Waals surface area contributed by atoms with Crippen LogP contribution >= 0.6 is 0 Å². The van der Waals surface area contributed by atoms with E-state index in [0.717, 1.165) is 0 Å². The highest BCUT2D eigenvalue weighted by Gasteiger charge is 2.21. The molecular formula is C5H6N2O2. The highest BCUT2D eigenvalue weighted by molar-refractivity contribution is 6.02. The van der Waals surface area contributed by atoms with Gasteiger partial charge in [-0.3, -0.25) is 0 Å². The van der Waals surface area contributed by atoms with E-state index < -0.39 is 0 Å². The second-order valence-electron chi connectivity index (χ2n) is 1.57. The molecule has 0 aromatic rings. The Kier molecular flexibility index (Phi) is 1.38. The van der Waals surface area contributed by atoms with Gasteiger partial charge >= 0.3 is 6.03 Å². The fraction of sp³-hybridized carbons (Fsp3) is 0.400. The number of carbonyl (C=O) groups excluding carboxylic acids is 1. The molecule has 2 amide bonds. The molecule has 0 spiro atoms. The van der Waals surface area contributed by atoms with Crippen molar-refractivity contribution in [3.05, 3.63) is 6.54 Å². The number of urea groups is 1. The molecule has 1 aliphatic rings. The molecule has 0 aliphatic carbocycles. The summed E-state index contributed by atoms with van der Waals surface area (Å²) in [6.07, 6.45) is 0. The second kappa shape index (κ2) is 2.05. The van der Waals surface area contributed by atoms with Crippen LogP contribution in [0.2, 0.25) is 0 Å². The van der Waals surface area contributed by atoms with E-state index >= 15 is 0 Å². The smallest absolute Gasteiger partial charge is 0.347 e. The van der Waals surface area contributed by atoms with E-state index in [1.807, 2.05) is 0 Å². The molecule has 48 valence electrons. The number of carbonyl (C=O) groups is 1. The van der Waals surface area contributed by atoms with E-state index in [2.05, 4.69) is 16.3 Å². The molecule has 1 rings (SSSR count). The maximum atomic E-state index is 10.5. The summed E-state index contributed by atoms with van der Waals surface area (Å²) in [7, 11) is 3.01. The average Bonchev–Trinajstić information content (AvgIpc) is 2.13. The van der Waals surface area contributed by atoms with Gasteiger partial charge in [0.2, 0.25) is 5.90 Å². The maximum absolute atomic E-state index is 10.5. The largest absolute Gasteiger partial charge is 0.482 e. The Balaban J connectivity index is 2.62. The van der Waals surface area contributed by atoms with Crippen molar-refractivity contribution in [2.75, 3.05) is 14.2 Å². The van der Waals surface area contributed by atoms with Crippen LogP contribution in [-0.2, 0) is 4.74 Å². The normalized spacial score (nSPS) is 18.2. The molecule has 0 aromatic carbocycles. The minimum atomic E-state index is -0.341. The van der Waals surface area contributed by atoms with Crippen molar-refractivity contribution in [1.29, 1.82) is 0 Å². The molecule has 0 saturated heterocycles. The maximum Gasteiger partial charge on any atom is 0.347 e. The van der Waals surface area contributed by atoms with Gasteiger partial charge in [-0.2, -0.15) is 4.99 Å². The van der Waals surface area contributed by atoms with E-state index in [1.54, 1.807) is 7.05 Å². The Morgan fingerprint density at radius 2 is 2.44 bits per heavy atom. The number of amides is 2. The van der Waals surface area contributed by atoms with Crippen molar-refractivity contribution < 1.29 is 9.53 Å². The Bertz CT molecular complexity index is 164. The molecule has 9 heavy (non-hydrogen) atoms. The molecule has 2 radical (unpaired) electrons. The van der Waals surface area contributed by atoms with Gasteiger partial charge in [0, 0.05) is 7.05 Å². The van der Waals surface area contributed by atoms with Crippen LogP contribution in [0.3, 0.4) is 0 Å². The number of ether oxygens (including phenoxy) is 1. The lowest BCUT2D eigenvalue weighted by atomic mass is 10.6. The van der Waals surface area contributed by atoms with Gasteiger partial charge in [-0.1, -0.05) is 0 Å². The van der Waals surface area contributed by atoms with Crippen molar-refractivity contribution in [2.24, 2.45) is 4.99 Å². The van der Waals surface area contributed by atoms with Crippen LogP contribution in [0.15, 0.2) is 4.99 Å². The van der Waals surface area contributed by atoms with Gasteiger partial charge in [-0.15, -0.1) is 0 Å². The molecule has 0 fully saturated rings. The monoisotopic (exact) mass is 126 g/mol. The molecule has 0 bridgehead atoms. The summed E-state index contributed by atoms with van der Waals surface area (Å²) in [6, 6.07) is -0.341. The van der Waals surface area contributed by atoms with Gasteiger partial charge in [0.05, 0.1) is 7.11 Å². The van der Waals surface area contributed by atoms with Gasteiger partial charge in [0.15, 0.2) is 6.54 Å². The second-order valence-corrected chi connectivity index (χ2v) is 1.57. The Hall–Kier alpha value is -1.06.